The molecule has 4 heteroatoms. The van der Waals surface area contributed by atoms with Crippen LogP contribution in [0, 0.1) is 13.8 Å². The Balaban J connectivity index is 2.02. The molecule has 0 aliphatic rings. The number of thioether (sulfide) groups is 1. The number of nitrogen functional groups attached to an aromatic ring is 1. The van der Waals surface area contributed by atoms with E-state index in [4.69, 9.17) is 5.73 Å². The molecular weight excluding hydrogens is 280 g/mol. The second-order valence-electron chi connectivity index (χ2n) is 5.07. The van der Waals surface area contributed by atoms with Gasteiger partial charge in [0.05, 0.1) is 5.25 Å². The standard InChI is InChI=1S/C17H20N2OS/c1-11-5-4-6-16(12(11)2)19-17(20)13(3)21-15-9-7-14(18)8-10-15/h4-10,13H,18H2,1-3H3,(H,19,20). The number of anilines is 2. The highest BCUT2D eigenvalue weighted by Gasteiger charge is 2.15. The molecule has 21 heavy (non-hydrogen) atoms. The van der Waals surface area contributed by atoms with E-state index < -0.39 is 0 Å². The lowest BCUT2D eigenvalue weighted by atomic mass is 10.1. The van der Waals surface area contributed by atoms with E-state index in [9.17, 15) is 4.79 Å². The number of nitrogens with two attached hydrogens (primary N) is 1. The van der Waals surface area contributed by atoms with E-state index in [1.807, 2.05) is 63.2 Å². The molecule has 2 aromatic carbocycles. The maximum absolute atomic E-state index is 12.3. The van der Waals surface area contributed by atoms with E-state index in [0.717, 1.165) is 21.8 Å². The predicted molar refractivity (Wildman–Crippen MR) is 90.7 cm³/mol. The quantitative estimate of drug-likeness (QED) is 0.662. The number of rotatable bonds is 4. The molecule has 2 aromatic rings. The first kappa shape index (κ1) is 15.4. The predicted octanol–water partition coefficient (Wildman–Crippen LogP) is 4.00. The Bertz CT molecular complexity index is 638. The van der Waals surface area contributed by atoms with Gasteiger partial charge in [0.1, 0.15) is 0 Å². The van der Waals surface area contributed by atoms with Gasteiger partial charge in [-0.3, -0.25) is 4.79 Å². The summed E-state index contributed by atoms with van der Waals surface area (Å²) in [6, 6.07) is 13.5. The minimum atomic E-state index is -0.173. The van der Waals surface area contributed by atoms with Gasteiger partial charge in [-0.2, -0.15) is 0 Å². The lowest BCUT2D eigenvalue weighted by Crippen LogP contribution is -2.22. The number of hydrogen-bond acceptors (Lipinski definition) is 3. The molecule has 0 fully saturated rings. The molecule has 0 aliphatic carbocycles. The van der Waals surface area contributed by atoms with Crippen molar-refractivity contribution in [2.75, 3.05) is 11.1 Å². The number of carbonyl (C=O) groups is 1. The highest BCUT2D eigenvalue weighted by Crippen LogP contribution is 2.26. The Hall–Kier alpha value is -1.94. The van der Waals surface area contributed by atoms with Crippen LogP contribution in [0.15, 0.2) is 47.4 Å². The van der Waals surface area contributed by atoms with Crippen LogP contribution in [-0.4, -0.2) is 11.2 Å². The molecule has 0 spiro atoms. The van der Waals surface area contributed by atoms with Crippen molar-refractivity contribution in [3.8, 4) is 0 Å². The van der Waals surface area contributed by atoms with Gasteiger partial charge in [0.25, 0.3) is 0 Å². The number of nitrogens with one attached hydrogen (secondary N) is 1. The maximum atomic E-state index is 12.3. The molecule has 2 rings (SSSR count). The van der Waals surface area contributed by atoms with Gasteiger partial charge in [-0.25, -0.2) is 0 Å². The van der Waals surface area contributed by atoms with Crippen molar-refractivity contribution >= 4 is 29.0 Å². The highest BCUT2D eigenvalue weighted by atomic mass is 32.2. The molecule has 1 amide bonds. The molecule has 0 aliphatic heterocycles. The van der Waals surface area contributed by atoms with Crippen molar-refractivity contribution in [2.24, 2.45) is 0 Å². The van der Waals surface area contributed by atoms with Gasteiger partial charge in [-0.15, -0.1) is 11.8 Å². The summed E-state index contributed by atoms with van der Waals surface area (Å²) in [6.07, 6.45) is 0. The van der Waals surface area contributed by atoms with Crippen molar-refractivity contribution in [2.45, 2.75) is 30.9 Å². The first-order chi connectivity index (χ1) is 9.97. The minimum Gasteiger partial charge on any atom is -0.399 e. The molecular formula is C17H20N2OS. The summed E-state index contributed by atoms with van der Waals surface area (Å²) < 4.78 is 0. The molecule has 3 nitrogen and oxygen atoms in total. The average Bonchev–Trinajstić information content (AvgIpc) is 2.46. The van der Waals surface area contributed by atoms with Crippen LogP contribution in [0.3, 0.4) is 0 Å². The van der Waals surface area contributed by atoms with Crippen LogP contribution in [0.25, 0.3) is 0 Å². The van der Waals surface area contributed by atoms with Gasteiger partial charge in [0.2, 0.25) is 5.91 Å². The normalized spacial score (nSPS) is 12.0. The molecule has 0 bridgehead atoms. The monoisotopic (exact) mass is 300 g/mol. The Labute approximate surface area is 129 Å². The van der Waals surface area contributed by atoms with E-state index in [0.29, 0.717) is 0 Å². The largest absolute Gasteiger partial charge is 0.399 e. The van der Waals surface area contributed by atoms with Crippen molar-refractivity contribution in [1.82, 2.24) is 0 Å². The second kappa shape index (κ2) is 6.68. The first-order valence-electron chi connectivity index (χ1n) is 6.86. The lowest BCUT2D eigenvalue weighted by Gasteiger charge is -2.14. The van der Waals surface area contributed by atoms with Crippen LogP contribution >= 0.6 is 11.8 Å². The topological polar surface area (TPSA) is 55.1 Å². The van der Waals surface area contributed by atoms with E-state index in [1.165, 1.54) is 17.3 Å². The minimum absolute atomic E-state index is 0.00512. The Kier molecular flexibility index (Phi) is 4.91. The average molecular weight is 300 g/mol. The zero-order chi connectivity index (χ0) is 15.4. The fourth-order valence-electron chi connectivity index (χ4n) is 1.92. The zero-order valence-electron chi connectivity index (χ0n) is 12.5. The summed E-state index contributed by atoms with van der Waals surface area (Å²) in [5.74, 6) is 0.00512. The number of amides is 1. The van der Waals surface area contributed by atoms with Gasteiger partial charge in [0, 0.05) is 16.3 Å². The number of hydrogen-bond donors (Lipinski definition) is 2. The zero-order valence-corrected chi connectivity index (χ0v) is 13.3. The highest BCUT2D eigenvalue weighted by molar-refractivity contribution is 8.00. The van der Waals surface area contributed by atoms with Crippen molar-refractivity contribution < 1.29 is 4.79 Å². The van der Waals surface area contributed by atoms with Crippen LogP contribution in [0.4, 0.5) is 11.4 Å². The van der Waals surface area contributed by atoms with E-state index in [1.54, 1.807) is 0 Å². The summed E-state index contributed by atoms with van der Waals surface area (Å²) in [5.41, 5.74) is 9.55. The van der Waals surface area contributed by atoms with Gasteiger partial charge >= 0.3 is 0 Å². The SMILES string of the molecule is Cc1cccc(NC(=O)C(C)Sc2ccc(N)cc2)c1C. The Morgan fingerprint density at radius 3 is 2.48 bits per heavy atom. The summed E-state index contributed by atoms with van der Waals surface area (Å²) in [7, 11) is 0. The summed E-state index contributed by atoms with van der Waals surface area (Å²) in [6.45, 7) is 5.96. The molecule has 0 saturated carbocycles. The fraction of sp³-hybridized carbons (Fsp3) is 0.235. The molecule has 110 valence electrons. The number of benzene rings is 2. The third kappa shape index (κ3) is 4.02. The molecule has 0 saturated heterocycles. The third-order valence-corrected chi connectivity index (χ3v) is 4.54. The maximum Gasteiger partial charge on any atom is 0.237 e. The molecule has 1 unspecified atom stereocenters. The number of aryl methyl sites for hydroxylation is 1. The van der Waals surface area contributed by atoms with Crippen LogP contribution in [0.1, 0.15) is 18.1 Å². The van der Waals surface area contributed by atoms with Crippen molar-refractivity contribution in [1.29, 1.82) is 0 Å². The van der Waals surface area contributed by atoms with E-state index in [-0.39, 0.29) is 11.2 Å². The second-order valence-corrected chi connectivity index (χ2v) is 6.48. The smallest absolute Gasteiger partial charge is 0.237 e. The van der Waals surface area contributed by atoms with E-state index >= 15 is 0 Å². The van der Waals surface area contributed by atoms with Gasteiger partial charge in [-0.1, -0.05) is 12.1 Å². The molecule has 1 atom stereocenters. The van der Waals surface area contributed by atoms with Gasteiger partial charge in [-0.05, 0) is 62.2 Å². The Morgan fingerprint density at radius 1 is 1.14 bits per heavy atom. The summed E-state index contributed by atoms with van der Waals surface area (Å²) >= 11 is 1.52. The van der Waals surface area contributed by atoms with E-state index in [2.05, 4.69) is 5.32 Å². The molecule has 0 radical (unpaired) electrons. The van der Waals surface area contributed by atoms with Crippen molar-refractivity contribution in [3.63, 3.8) is 0 Å². The summed E-state index contributed by atoms with van der Waals surface area (Å²) in [4.78, 5) is 13.3. The first-order valence-corrected chi connectivity index (χ1v) is 7.74. The Morgan fingerprint density at radius 2 is 1.81 bits per heavy atom. The van der Waals surface area contributed by atoms with Crippen LogP contribution in [0.2, 0.25) is 0 Å². The number of carbonyl (C=O) groups excluding carboxylic acids is 1. The van der Waals surface area contributed by atoms with Gasteiger partial charge < -0.3 is 11.1 Å². The van der Waals surface area contributed by atoms with Crippen LogP contribution < -0.4 is 11.1 Å². The third-order valence-electron chi connectivity index (χ3n) is 3.42. The fourth-order valence-corrected chi connectivity index (χ4v) is 2.79. The lowest BCUT2D eigenvalue weighted by molar-refractivity contribution is -0.115. The molecule has 0 aromatic heterocycles. The summed E-state index contributed by atoms with van der Waals surface area (Å²) in [5, 5.41) is 2.83. The molecule has 0 heterocycles. The van der Waals surface area contributed by atoms with Gasteiger partial charge in [0.15, 0.2) is 0 Å². The van der Waals surface area contributed by atoms with Crippen molar-refractivity contribution in [3.05, 3.63) is 53.6 Å². The van der Waals surface area contributed by atoms with Crippen LogP contribution in [0.5, 0.6) is 0 Å². The molecule has 3 N–H and O–H groups in total. The van der Waals surface area contributed by atoms with Crippen LogP contribution in [-0.2, 0) is 4.79 Å².